The van der Waals surface area contributed by atoms with Crippen molar-refractivity contribution in [2.45, 2.75) is 37.6 Å². The van der Waals surface area contributed by atoms with E-state index in [0.717, 1.165) is 40.2 Å². The number of nitrogens with zero attached hydrogens (tertiary/aromatic N) is 3. The van der Waals surface area contributed by atoms with Gasteiger partial charge in [-0.15, -0.1) is 11.8 Å². The van der Waals surface area contributed by atoms with Crippen molar-refractivity contribution in [2.75, 3.05) is 11.1 Å². The first-order valence-electron chi connectivity index (χ1n) is 8.85. The van der Waals surface area contributed by atoms with E-state index in [9.17, 15) is 10.1 Å². The zero-order chi connectivity index (χ0) is 18.8. The Morgan fingerprint density at radius 2 is 2.22 bits per heavy atom. The lowest BCUT2D eigenvalue weighted by Gasteiger charge is -2.06. The Kier molecular flexibility index (Phi) is 5.10. The molecule has 1 aliphatic carbocycles. The van der Waals surface area contributed by atoms with Crippen molar-refractivity contribution in [3.05, 3.63) is 46.6 Å². The lowest BCUT2D eigenvalue weighted by Crippen LogP contribution is -2.12. The lowest BCUT2D eigenvalue weighted by molar-refractivity contribution is -0.115. The van der Waals surface area contributed by atoms with Crippen LogP contribution in [-0.4, -0.2) is 21.6 Å². The molecule has 0 saturated heterocycles. The Hall–Kier alpha value is -2.43. The van der Waals surface area contributed by atoms with Gasteiger partial charge in [-0.1, -0.05) is 17.4 Å². The molecule has 0 unspecified atom stereocenters. The molecular formula is C20H18N4OS2. The Balaban J connectivity index is 1.36. The van der Waals surface area contributed by atoms with Crippen LogP contribution in [0.3, 0.4) is 0 Å². The van der Waals surface area contributed by atoms with E-state index in [2.05, 4.69) is 27.4 Å². The van der Waals surface area contributed by atoms with Crippen LogP contribution in [0, 0.1) is 18.3 Å². The number of nitriles is 1. The molecule has 0 fully saturated rings. The third-order valence-corrected chi connectivity index (χ3v) is 6.42. The Bertz CT molecular complexity index is 1070. The van der Waals surface area contributed by atoms with Gasteiger partial charge in [0.05, 0.1) is 15.8 Å². The molecule has 0 spiro atoms. The third kappa shape index (κ3) is 3.97. The number of thioether (sulfide) groups is 1. The van der Waals surface area contributed by atoms with Gasteiger partial charge < -0.3 is 5.32 Å². The molecule has 0 saturated carbocycles. The molecule has 27 heavy (non-hydrogen) atoms. The van der Waals surface area contributed by atoms with Crippen LogP contribution < -0.4 is 5.32 Å². The van der Waals surface area contributed by atoms with E-state index in [1.54, 1.807) is 0 Å². The number of aromatic nitrogens is 2. The highest BCUT2D eigenvalue weighted by atomic mass is 32.2. The summed E-state index contributed by atoms with van der Waals surface area (Å²) in [4.78, 5) is 21.3. The number of nitrogens with one attached hydrogen (secondary N) is 1. The van der Waals surface area contributed by atoms with Crippen LogP contribution in [-0.2, 0) is 17.6 Å². The van der Waals surface area contributed by atoms with Crippen molar-refractivity contribution in [3.8, 4) is 6.07 Å². The van der Waals surface area contributed by atoms with Crippen molar-refractivity contribution in [1.82, 2.24) is 9.97 Å². The fraction of sp³-hybridized carbons (Fsp3) is 0.300. The second kappa shape index (κ2) is 7.67. The Morgan fingerprint density at radius 1 is 1.33 bits per heavy atom. The lowest BCUT2D eigenvalue weighted by atomic mass is 10.2. The molecule has 1 amide bonds. The number of fused-ring (bicyclic) bond motifs is 2. The Labute approximate surface area is 165 Å². The van der Waals surface area contributed by atoms with Gasteiger partial charge in [0.15, 0.2) is 5.13 Å². The van der Waals surface area contributed by atoms with Gasteiger partial charge in [0.25, 0.3) is 0 Å². The number of pyridine rings is 1. The van der Waals surface area contributed by atoms with Crippen LogP contribution in [0.2, 0.25) is 0 Å². The summed E-state index contributed by atoms with van der Waals surface area (Å²) in [5.74, 6) is 0.508. The van der Waals surface area contributed by atoms with Crippen molar-refractivity contribution in [3.63, 3.8) is 0 Å². The van der Waals surface area contributed by atoms with Gasteiger partial charge in [-0.3, -0.25) is 4.79 Å². The molecule has 2 heterocycles. The van der Waals surface area contributed by atoms with E-state index in [1.807, 2.05) is 25.1 Å². The number of hydrogen-bond donors (Lipinski definition) is 1. The van der Waals surface area contributed by atoms with Crippen molar-refractivity contribution < 1.29 is 4.79 Å². The number of thiazole rings is 1. The first-order chi connectivity index (χ1) is 13.1. The molecule has 1 aliphatic rings. The number of rotatable bonds is 5. The molecule has 136 valence electrons. The average Bonchev–Trinajstić information content (AvgIpc) is 3.26. The summed E-state index contributed by atoms with van der Waals surface area (Å²) in [5, 5.41) is 13.6. The van der Waals surface area contributed by atoms with Crippen molar-refractivity contribution >= 4 is 44.4 Å². The van der Waals surface area contributed by atoms with Gasteiger partial charge in [0, 0.05) is 17.9 Å². The summed E-state index contributed by atoms with van der Waals surface area (Å²) >= 11 is 2.96. The van der Waals surface area contributed by atoms with Crippen molar-refractivity contribution in [1.29, 1.82) is 5.26 Å². The van der Waals surface area contributed by atoms with Gasteiger partial charge in [-0.05, 0) is 55.5 Å². The number of carbonyl (C=O) groups is 1. The zero-order valence-electron chi connectivity index (χ0n) is 14.9. The molecule has 3 aromatic rings. The normalized spacial score (nSPS) is 12.7. The number of amides is 1. The third-order valence-electron chi connectivity index (χ3n) is 4.49. The molecule has 1 aromatic carbocycles. The van der Waals surface area contributed by atoms with Crippen LogP contribution in [0.15, 0.2) is 29.3 Å². The molecule has 0 atom stereocenters. The first-order valence-corrected chi connectivity index (χ1v) is 10.7. The predicted molar refractivity (Wildman–Crippen MR) is 109 cm³/mol. The highest BCUT2D eigenvalue weighted by Gasteiger charge is 2.17. The summed E-state index contributed by atoms with van der Waals surface area (Å²) in [7, 11) is 0. The molecule has 4 rings (SSSR count). The zero-order valence-corrected chi connectivity index (χ0v) is 16.5. The summed E-state index contributed by atoms with van der Waals surface area (Å²) in [6.45, 7) is 2.04. The number of hydrogen-bond acceptors (Lipinski definition) is 6. The van der Waals surface area contributed by atoms with Gasteiger partial charge in [-0.25, -0.2) is 9.97 Å². The molecule has 0 aliphatic heterocycles. The van der Waals surface area contributed by atoms with Crippen LogP contribution in [0.1, 0.15) is 35.2 Å². The highest BCUT2D eigenvalue weighted by molar-refractivity contribution is 7.99. The standard InChI is InChI=1S/C20H18N4OS2/c1-12-5-6-16-17(9-12)27-20(23-16)24-18(25)7-8-26-19-14(11-21)10-13-3-2-4-15(13)22-19/h5-6,9-10H,2-4,7-8H2,1H3,(H,23,24,25). The number of anilines is 1. The summed E-state index contributed by atoms with van der Waals surface area (Å²) in [6, 6.07) is 10.2. The van der Waals surface area contributed by atoms with Gasteiger partial charge in [-0.2, -0.15) is 5.26 Å². The smallest absolute Gasteiger partial charge is 0.226 e. The molecule has 5 nitrogen and oxygen atoms in total. The van der Waals surface area contributed by atoms with Gasteiger partial charge >= 0.3 is 0 Å². The van der Waals surface area contributed by atoms with Crippen LogP contribution in [0.5, 0.6) is 0 Å². The van der Waals surface area contributed by atoms with Gasteiger partial charge in [0.2, 0.25) is 5.91 Å². The number of carbonyl (C=O) groups excluding carboxylic acids is 1. The highest BCUT2D eigenvalue weighted by Crippen LogP contribution is 2.29. The minimum Gasteiger partial charge on any atom is -0.302 e. The second-order valence-electron chi connectivity index (χ2n) is 6.55. The monoisotopic (exact) mass is 394 g/mol. The van der Waals surface area contributed by atoms with Crippen molar-refractivity contribution in [2.24, 2.45) is 0 Å². The maximum Gasteiger partial charge on any atom is 0.226 e. The largest absolute Gasteiger partial charge is 0.302 e. The van der Waals surface area contributed by atoms with Crippen LogP contribution in [0.4, 0.5) is 5.13 Å². The SMILES string of the molecule is Cc1ccc2nc(NC(=O)CCSc3nc4c(cc3C#N)CCC4)sc2c1. The number of aryl methyl sites for hydroxylation is 3. The minimum absolute atomic E-state index is 0.0713. The predicted octanol–water partition coefficient (Wildman–Crippen LogP) is 4.48. The van der Waals surface area contributed by atoms with E-state index in [0.29, 0.717) is 22.9 Å². The maximum absolute atomic E-state index is 12.2. The summed E-state index contributed by atoms with van der Waals surface area (Å²) in [6.07, 6.45) is 3.44. The maximum atomic E-state index is 12.2. The molecule has 1 N–H and O–H groups in total. The first kappa shape index (κ1) is 18.0. The van der Waals surface area contributed by atoms with E-state index in [-0.39, 0.29) is 5.91 Å². The fourth-order valence-corrected chi connectivity index (χ4v) is 5.05. The molecule has 2 aromatic heterocycles. The number of benzene rings is 1. The summed E-state index contributed by atoms with van der Waals surface area (Å²) in [5.41, 5.74) is 4.99. The van der Waals surface area contributed by atoms with E-state index >= 15 is 0 Å². The fourth-order valence-electron chi connectivity index (χ4n) is 3.15. The average molecular weight is 395 g/mol. The van der Waals surface area contributed by atoms with E-state index in [4.69, 9.17) is 0 Å². The molecular weight excluding hydrogens is 376 g/mol. The molecule has 0 radical (unpaired) electrons. The van der Waals surface area contributed by atoms with Crippen LogP contribution in [0.25, 0.3) is 10.2 Å². The van der Waals surface area contributed by atoms with E-state index < -0.39 is 0 Å². The van der Waals surface area contributed by atoms with E-state index in [1.165, 1.54) is 34.2 Å². The summed E-state index contributed by atoms with van der Waals surface area (Å²) < 4.78 is 1.07. The second-order valence-corrected chi connectivity index (χ2v) is 8.66. The minimum atomic E-state index is -0.0713. The van der Waals surface area contributed by atoms with Crippen LogP contribution >= 0.6 is 23.1 Å². The molecule has 0 bridgehead atoms. The molecule has 7 heteroatoms. The van der Waals surface area contributed by atoms with Gasteiger partial charge in [0.1, 0.15) is 11.1 Å². The topological polar surface area (TPSA) is 78.7 Å². The quantitative estimate of drug-likeness (QED) is 0.646. The Morgan fingerprint density at radius 3 is 3.07 bits per heavy atom.